The van der Waals surface area contributed by atoms with E-state index in [1.165, 1.54) is 0 Å². The Hall–Kier alpha value is -0.770. The summed E-state index contributed by atoms with van der Waals surface area (Å²) in [6, 6.07) is 5.58. The van der Waals surface area contributed by atoms with Crippen molar-refractivity contribution >= 4 is 50.0 Å². The summed E-state index contributed by atoms with van der Waals surface area (Å²) in [6.45, 7) is 1.87. The van der Waals surface area contributed by atoms with Crippen molar-refractivity contribution in [1.82, 2.24) is 4.98 Å². The third-order valence-electron chi connectivity index (χ3n) is 2.74. The fourth-order valence-corrected chi connectivity index (χ4v) is 2.36. The standard InChI is InChI=1S/C13H10BrCl2NO/c1-7-9(3-5-12(15)16)13(18)10-6-8(14)2-4-11(10)17-7/h2,4-6H,3H2,1H3,(H,17,18). The number of hydrogen-bond donors (Lipinski definition) is 1. The Balaban J connectivity index is 2.67. The van der Waals surface area contributed by atoms with Gasteiger partial charge in [0, 0.05) is 26.6 Å². The molecule has 0 aliphatic rings. The lowest BCUT2D eigenvalue weighted by Crippen LogP contribution is -2.12. The molecule has 2 nitrogen and oxygen atoms in total. The van der Waals surface area contributed by atoms with Gasteiger partial charge in [0.2, 0.25) is 0 Å². The molecule has 0 aliphatic carbocycles. The Morgan fingerprint density at radius 1 is 1.44 bits per heavy atom. The molecule has 0 radical (unpaired) electrons. The minimum absolute atomic E-state index is 0.00776. The maximum atomic E-state index is 12.4. The van der Waals surface area contributed by atoms with Gasteiger partial charge in [-0.2, -0.15) is 0 Å². The third-order valence-corrected chi connectivity index (χ3v) is 3.54. The van der Waals surface area contributed by atoms with Gasteiger partial charge in [-0.05, 0) is 37.6 Å². The number of hydrogen-bond acceptors (Lipinski definition) is 1. The zero-order chi connectivity index (χ0) is 13.3. The van der Waals surface area contributed by atoms with E-state index in [4.69, 9.17) is 23.2 Å². The predicted octanol–water partition coefficient (Wildman–Crippen LogP) is 4.46. The van der Waals surface area contributed by atoms with Gasteiger partial charge < -0.3 is 4.98 Å². The number of halogens is 3. The smallest absolute Gasteiger partial charge is 0.193 e. The Morgan fingerprint density at radius 3 is 2.83 bits per heavy atom. The molecule has 5 heteroatoms. The Kier molecular flexibility index (Phi) is 4.15. The van der Waals surface area contributed by atoms with Crippen LogP contribution in [0.4, 0.5) is 0 Å². The van der Waals surface area contributed by atoms with Crippen LogP contribution in [0.1, 0.15) is 11.3 Å². The fraction of sp³-hybridized carbons (Fsp3) is 0.154. The highest BCUT2D eigenvalue weighted by atomic mass is 79.9. The van der Waals surface area contributed by atoms with Gasteiger partial charge in [0.1, 0.15) is 4.49 Å². The van der Waals surface area contributed by atoms with Gasteiger partial charge in [-0.1, -0.05) is 39.1 Å². The van der Waals surface area contributed by atoms with Crippen LogP contribution in [-0.2, 0) is 6.42 Å². The van der Waals surface area contributed by atoms with E-state index in [2.05, 4.69) is 20.9 Å². The molecule has 18 heavy (non-hydrogen) atoms. The van der Waals surface area contributed by atoms with Crippen LogP contribution in [0.2, 0.25) is 0 Å². The second-order valence-electron chi connectivity index (χ2n) is 3.95. The number of rotatable bonds is 2. The van der Waals surface area contributed by atoms with Crippen LogP contribution in [-0.4, -0.2) is 4.98 Å². The highest BCUT2D eigenvalue weighted by Crippen LogP contribution is 2.18. The van der Waals surface area contributed by atoms with Gasteiger partial charge in [0.05, 0.1) is 0 Å². The molecule has 1 aromatic heterocycles. The van der Waals surface area contributed by atoms with Gasteiger partial charge in [-0.25, -0.2) is 0 Å². The van der Waals surface area contributed by atoms with Crippen molar-refractivity contribution in [3.8, 4) is 0 Å². The minimum Gasteiger partial charge on any atom is -0.358 e. The zero-order valence-electron chi connectivity index (χ0n) is 9.56. The maximum Gasteiger partial charge on any atom is 0.193 e. The minimum atomic E-state index is 0.00776. The summed E-state index contributed by atoms with van der Waals surface area (Å²) in [6.07, 6.45) is 2.04. The first-order valence-corrected chi connectivity index (χ1v) is 6.86. The molecule has 0 unspecified atom stereocenters. The average molecular weight is 347 g/mol. The van der Waals surface area contributed by atoms with Crippen LogP contribution < -0.4 is 5.43 Å². The zero-order valence-corrected chi connectivity index (χ0v) is 12.7. The quantitative estimate of drug-likeness (QED) is 0.855. The van der Waals surface area contributed by atoms with Gasteiger partial charge in [0.25, 0.3) is 0 Å². The van der Waals surface area contributed by atoms with Crippen LogP contribution in [0, 0.1) is 6.92 Å². The Bertz CT molecular complexity index is 687. The topological polar surface area (TPSA) is 32.9 Å². The normalized spacial score (nSPS) is 10.7. The SMILES string of the molecule is Cc1[nH]c2ccc(Br)cc2c(=O)c1CC=C(Cl)Cl. The number of aromatic nitrogens is 1. The van der Waals surface area contributed by atoms with E-state index in [0.717, 1.165) is 15.7 Å². The van der Waals surface area contributed by atoms with E-state index in [1.54, 1.807) is 6.08 Å². The first-order valence-electron chi connectivity index (χ1n) is 5.31. The third kappa shape index (κ3) is 2.79. The van der Waals surface area contributed by atoms with Gasteiger partial charge in [0.15, 0.2) is 5.43 Å². The molecular weight excluding hydrogens is 337 g/mol. The van der Waals surface area contributed by atoms with E-state index >= 15 is 0 Å². The number of aromatic amines is 1. The van der Waals surface area contributed by atoms with Crippen LogP contribution in [0.15, 0.2) is 38.0 Å². The maximum absolute atomic E-state index is 12.4. The van der Waals surface area contributed by atoms with E-state index in [-0.39, 0.29) is 9.92 Å². The van der Waals surface area contributed by atoms with E-state index in [0.29, 0.717) is 17.4 Å². The molecular formula is C13H10BrCl2NO. The lowest BCUT2D eigenvalue weighted by Gasteiger charge is -2.06. The first kappa shape index (κ1) is 13.7. The Morgan fingerprint density at radius 2 is 2.17 bits per heavy atom. The number of fused-ring (bicyclic) bond motifs is 1. The molecule has 2 rings (SSSR count). The predicted molar refractivity (Wildman–Crippen MR) is 80.5 cm³/mol. The van der Waals surface area contributed by atoms with Crippen molar-refractivity contribution in [2.45, 2.75) is 13.3 Å². The number of aryl methyl sites for hydroxylation is 1. The van der Waals surface area contributed by atoms with E-state index in [9.17, 15) is 4.79 Å². The molecule has 0 spiro atoms. The first-order chi connectivity index (χ1) is 8.49. The second-order valence-corrected chi connectivity index (χ2v) is 5.87. The molecule has 0 saturated carbocycles. The summed E-state index contributed by atoms with van der Waals surface area (Å²) < 4.78 is 1.05. The fourth-order valence-electron chi connectivity index (χ4n) is 1.85. The summed E-state index contributed by atoms with van der Waals surface area (Å²) in [7, 11) is 0. The molecule has 0 bridgehead atoms. The summed E-state index contributed by atoms with van der Waals surface area (Å²) in [5.41, 5.74) is 2.35. The van der Waals surface area contributed by atoms with Gasteiger partial charge >= 0.3 is 0 Å². The molecule has 2 aromatic rings. The molecule has 1 heterocycles. The van der Waals surface area contributed by atoms with Crippen LogP contribution >= 0.6 is 39.1 Å². The van der Waals surface area contributed by atoms with E-state index < -0.39 is 0 Å². The molecule has 0 fully saturated rings. The largest absolute Gasteiger partial charge is 0.358 e. The summed E-state index contributed by atoms with van der Waals surface area (Å²) in [5.74, 6) is 0. The number of allylic oxidation sites excluding steroid dienone is 1. The summed E-state index contributed by atoms with van der Waals surface area (Å²) >= 11 is 14.5. The lowest BCUT2D eigenvalue weighted by molar-refractivity contribution is 1.11. The van der Waals surface area contributed by atoms with Crippen LogP contribution in [0.5, 0.6) is 0 Å². The van der Waals surface area contributed by atoms with Gasteiger partial charge in [-0.3, -0.25) is 4.79 Å². The highest BCUT2D eigenvalue weighted by Gasteiger charge is 2.08. The molecule has 94 valence electrons. The number of nitrogens with one attached hydrogen (secondary N) is 1. The second kappa shape index (κ2) is 5.47. The molecule has 1 N–H and O–H groups in total. The number of H-pyrrole nitrogens is 1. The molecule has 1 aromatic carbocycles. The van der Waals surface area contributed by atoms with Crippen molar-refractivity contribution in [3.63, 3.8) is 0 Å². The number of benzene rings is 1. The molecule has 0 saturated heterocycles. The van der Waals surface area contributed by atoms with E-state index in [1.807, 2.05) is 25.1 Å². The highest BCUT2D eigenvalue weighted by molar-refractivity contribution is 9.10. The average Bonchev–Trinajstić information content (AvgIpc) is 2.30. The molecule has 0 aliphatic heterocycles. The Labute approximate surface area is 123 Å². The van der Waals surface area contributed by atoms with Crippen molar-refractivity contribution in [2.75, 3.05) is 0 Å². The summed E-state index contributed by atoms with van der Waals surface area (Å²) in [5, 5.41) is 0.657. The summed E-state index contributed by atoms with van der Waals surface area (Å²) in [4.78, 5) is 15.6. The molecule has 0 amide bonds. The lowest BCUT2D eigenvalue weighted by atomic mass is 10.1. The molecule has 0 atom stereocenters. The van der Waals surface area contributed by atoms with Crippen molar-refractivity contribution in [3.05, 3.63) is 54.7 Å². The monoisotopic (exact) mass is 345 g/mol. The van der Waals surface area contributed by atoms with Crippen LogP contribution in [0.3, 0.4) is 0 Å². The number of pyridine rings is 1. The van der Waals surface area contributed by atoms with Crippen LogP contribution in [0.25, 0.3) is 10.9 Å². The van der Waals surface area contributed by atoms with Gasteiger partial charge in [-0.15, -0.1) is 0 Å². The van der Waals surface area contributed by atoms with Crippen molar-refractivity contribution in [1.29, 1.82) is 0 Å². The van der Waals surface area contributed by atoms with Crippen molar-refractivity contribution in [2.24, 2.45) is 0 Å². The van der Waals surface area contributed by atoms with Crippen molar-refractivity contribution < 1.29 is 0 Å².